The van der Waals surface area contributed by atoms with Gasteiger partial charge in [0.2, 0.25) is 5.91 Å². The Morgan fingerprint density at radius 3 is 2.45 bits per heavy atom. The van der Waals surface area contributed by atoms with Crippen LogP contribution in [0.1, 0.15) is 25.8 Å². The minimum Gasteiger partial charge on any atom is -0.364 e. The molecule has 0 aliphatic rings. The number of hydrogen-bond acceptors (Lipinski definition) is 4. The molecule has 0 saturated heterocycles. The van der Waals surface area contributed by atoms with Crippen molar-refractivity contribution in [1.82, 2.24) is 10.3 Å². The van der Waals surface area contributed by atoms with Gasteiger partial charge in [0.15, 0.2) is 0 Å². The summed E-state index contributed by atoms with van der Waals surface area (Å²) in [6.07, 6.45) is 3.56. The van der Waals surface area contributed by atoms with Gasteiger partial charge in [0.25, 0.3) is 0 Å². The van der Waals surface area contributed by atoms with Gasteiger partial charge in [-0.2, -0.15) is 5.26 Å². The Morgan fingerprint density at radius 1 is 1.03 bits per heavy atom. The highest BCUT2D eigenvalue weighted by molar-refractivity contribution is 5.81. The molecule has 5 heteroatoms. The number of amides is 1. The minimum atomic E-state index is -0.600. The average molecular weight is 414 g/mol. The zero-order valence-electron chi connectivity index (χ0n) is 17.9. The zero-order chi connectivity index (χ0) is 22.1. The van der Waals surface area contributed by atoms with Crippen molar-refractivity contribution in [3.63, 3.8) is 0 Å². The fourth-order valence-corrected chi connectivity index (χ4v) is 3.42. The Labute approximate surface area is 183 Å². The molecule has 0 fully saturated rings. The van der Waals surface area contributed by atoms with Crippen LogP contribution in [0, 0.1) is 17.2 Å². The van der Waals surface area contributed by atoms with Crippen molar-refractivity contribution in [2.24, 2.45) is 5.92 Å². The summed E-state index contributed by atoms with van der Waals surface area (Å²) in [7, 11) is 0. The molecule has 158 valence electrons. The maximum absolute atomic E-state index is 12.5. The van der Waals surface area contributed by atoms with Crippen molar-refractivity contribution in [3.05, 3.63) is 78.6 Å². The third-order valence-electron chi connectivity index (χ3n) is 4.97. The molecule has 1 atom stereocenters. The predicted molar refractivity (Wildman–Crippen MR) is 122 cm³/mol. The van der Waals surface area contributed by atoms with E-state index in [1.54, 1.807) is 12.4 Å². The smallest absolute Gasteiger partial charge is 0.249 e. The van der Waals surface area contributed by atoms with Crippen molar-refractivity contribution in [1.29, 1.82) is 5.26 Å². The lowest BCUT2D eigenvalue weighted by atomic mass is 9.95. The van der Waals surface area contributed by atoms with Crippen LogP contribution in [0.3, 0.4) is 0 Å². The molecule has 3 rings (SSSR count). The van der Waals surface area contributed by atoms with Gasteiger partial charge in [0, 0.05) is 12.4 Å². The third kappa shape index (κ3) is 6.24. The molecule has 0 aliphatic heterocycles. The highest BCUT2D eigenvalue weighted by atomic mass is 16.5. The van der Waals surface area contributed by atoms with Gasteiger partial charge in [0.1, 0.15) is 12.6 Å². The number of rotatable bonds is 9. The number of carbonyl (C=O) groups is 1. The van der Waals surface area contributed by atoms with E-state index in [-0.39, 0.29) is 12.5 Å². The number of nitriles is 1. The first-order valence-electron chi connectivity index (χ1n) is 10.4. The number of nitrogens with one attached hydrogen (secondary N) is 1. The molecular formula is C26H27N3O2. The summed E-state index contributed by atoms with van der Waals surface area (Å²) < 4.78 is 6.07. The largest absolute Gasteiger partial charge is 0.364 e. The van der Waals surface area contributed by atoms with E-state index in [0.717, 1.165) is 27.8 Å². The van der Waals surface area contributed by atoms with E-state index in [1.807, 2.05) is 50.2 Å². The minimum absolute atomic E-state index is 0.0211. The zero-order valence-corrected chi connectivity index (χ0v) is 17.9. The van der Waals surface area contributed by atoms with E-state index in [9.17, 15) is 4.79 Å². The van der Waals surface area contributed by atoms with Gasteiger partial charge in [-0.25, -0.2) is 0 Å². The first kappa shape index (κ1) is 22.2. The van der Waals surface area contributed by atoms with Crippen molar-refractivity contribution in [2.45, 2.75) is 33.0 Å². The number of benzene rings is 2. The van der Waals surface area contributed by atoms with E-state index >= 15 is 0 Å². The van der Waals surface area contributed by atoms with E-state index in [2.05, 4.69) is 40.6 Å². The Bertz CT molecular complexity index is 1030. The molecule has 0 radical (unpaired) electrons. The Hall–Kier alpha value is -3.49. The summed E-state index contributed by atoms with van der Waals surface area (Å²) in [4.78, 5) is 16.6. The van der Waals surface area contributed by atoms with Gasteiger partial charge >= 0.3 is 0 Å². The van der Waals surface area contributed by atoms with Crippen molar-refractivity contribution >= 4 is 5.91 Å². The lowest BCUT2D eigenvalue weighted by molar-refractivity contribution is -0.134. The normalized spacial score (nSPS) is 11.7. The first-order valence-corrected chi connectivity index (χ1v) is 10.4. The summed E-state index contributed by atoms with van der Waals surface area (Å²) in [6.45, 7) is 4.38. The van der Waals surface area contributed by atoms with Crippen LogP contribution in [0.4, 0.5) is 0 Å². The third-order valence-corrected chi connectivity index (χ3v) is 4.97. The van der Waals surface area contributed by atoms with Crippen molar-refractivity contribution in [2.75, 3.05) is 6.54 Å². The van der Waals surface area contributed by atoms with Crippen LogP contribution in [0.2, 0.25) is 0 Å². The highest BCUT2D eigenvalue weighted by Gasteiger charge is 2.21. The summed E-state index contributed by atoms with van der Waals surface area (Å²) in [5, 5.41) is 11.4. The fourth-order valence-electron chi connectivity index (χ4n) is 3.42. The number of ether oxygens (including phenoxy) is 1. The molecule has 0 unspecified atom stereocenters. The summed E-state index contributed by atoms with van der Waals surface area (Å²) in [5.41, 5.74) is 5.34. The molecule has 1 N–H and O–H groups in total. The van der Waals surface area contributed by atoms with Crippen LogP contribution < -0.4 is 5.32 Å². The van der Waals surface area contributed by atoms with E-state index in [1.165, 1.54) is 0 Å². The van der Waals surface area contributed by atoms with Crippen LogP contribution in [0.25, 0.3) is 22.3 Å². The predicted octanol–water partition coefficient (Wildman–Crippen LogP) is 4.99. The van der Waals surface area contributed by atoms with E-state index in [0.29, 0.717) is 18.9 Å². The fraction of sp³-hybridized carbons (Fsp3) is 0.269. The standard InChI is InChI=1S/C26H27N3O2/c1-19(2)16-25(26(30)29-15-12-27)31-18-23-9-8-22(20-10-13-28-14-11-20)17-24(23)21-6-4-3-5-7-21/h3-11,13-14,17,19,25H,15-16,18H2,1-2H3,(H,29,30)/t25-/m0/s1. The number of aromatic nitrogens is 1. The summed E-state index contributed by atoms with van der Waals surface area (Å²) in [5.74, 6) is 0.0467. The maximum Gasteiger partial charge on any atom is 0.249 e. The molecular weight excluding hydrogens is 386 g/mol. The highest BCUT2D eigenvalue weighted by Crippen LogP contribution is 2.30. The average Bonchev–Trinajstić information content (AvgIpc) is 2.81. The Balaban J connectivity index is 1.88. The van der Waals surface area contributed by atoms with Gasteiger partial charge in [-0.1, -0.05) is 56.3 Å². The summed E-state index contributed by atoms with van der Waals surface area (Å²) >= 11 is 0. The second-order valence-corrected chi connectivity index (χ2v) is 7.78. The number of hydrogen-bond donors (Lipinski definition) is 1. The molecule has 5 nitrogen and oxygen atoms in total. The Kier molecular flexibility index (Phi) is 7.91. The number of carbonyl (C=O) groups excluding carboxylic acids is 1. The monoisotopic (exact) mass is 413 g/mol. The molecule has 1 aromatic heterocycles. The first-order chi connectivity index (χ1) is 15.1. The van der Waals surface area contributed by atoms with Gasteiger partial charge in [-0.3, -0.25) is 9.78 Å². The maximum atomic E-state index is 12.5. The topological polar surface area (TPSA) is 75.0 Å². The van der Waals surface area contributed by atoms with Crippen molar-refractivity contribution < 1.29 is 9.53 Å². The quantitative estimate of drug-likeness (QED) is 0.502. The van der Waals surface area contributed by atoms with Gasteiger partial charge in [-0.15, -0.1) is 0 Å². The van der Waals surface area contributed by atoms with Crippen LogP contribution >= 0.6 is 0 Å². The van der Waals surface area contributed by atoms with Crippen LogP contribution in [-0.2, 0) is 16.1 Å². The Morgan fingerprint density at radius 2 is 1.77 bits per heavy atom. The van der Waals surface area contributed by atoms with Gasteiger partial charge in [-0.05, 0) is 58.4 Å². The molecule has 0 aliphatic carbocycles. The summed E-state index contributed by atoms with van der Waals surface area (Å²) in [6, 6.07) is 22.3. The van der Waals surface area contributed by atoms with Gasteiger partial charge < -0.3 is 10.1 Å². The molecule has 31 heavy (non-hydrogen) atoms. The van der Waals surface area contributed by atoms with Crippen LogP contribution in [-0.4, -0.2) is 23.5 Å². The lowest BCUT2D eigenvalue weighted by Gasteiger charge is -2.20. The van der Waals surface area contributed by atoms with Gasteiger partial charge in [0.05, 0.1) is 12.7 Å². The lowest BCUT2D eigenvalue weighted by Crippen LogP contribution is -2.37. The second-order valence-electron chi connectivity index (χ2n) is 7.78. The molecule has 0 spiro atoms. The van der Waals surface area contributed by atoms with Crippen LogP contribution in [0.15, 0.2) is 73.1 Å². The number of pyridine rings is 1. The molecule has 0 saturated carbocycles. The SMILES string of the molecule is CC(C)C[C@H](OCc1ccc(-c2ccncc2)cc1-c1ccccc1)C(=O)NCC#N. The molecule has 1 heterocycles. The molecule has 2 aromatic carbocycles. The van der Waals surface area contributed by atoms with E-state index in [4.69, 9.17) is 10.00 Å². The molecule has 3 aromatic rings. The van der Waals surface area contributed by atoms with Crippen molar-refractivity contribution in [3.8, 4) is 28.3 Å². The number of nitrogens with zero attached hydrogens (tertiary/aromatic N) is 2. The molecule has 0 bridgehead atoms. The second kappa shape index (κ2) is 11.1. The van der Waals surface area contributed by atoms with E-state index < -0.39 is 6.10 Å². The van der Waals surface area contributed by atoms with Crippen LogP contribution in [0.5, 0.6) is 0 Å². The molecule has 1 amide bonds.